The van der Waals surface area contributed by atoms with Crippen LogP contribution in [0.3, 0.4) is 0 Å². The Morgan fingerprint density at radius 1 is 1.37 bits per heavy atom. The molecule has 102 valence electrons. The predicted octanol–water partition coefficient (Wildman–Crippen LogP) is 2.77. The van der Waals surface area contributed by atoms with Crippen LogP contribution in [0.5, 0.6) is 0 Å². The number of aliphatic hydroxyl groups is 1. The summed E-state index contributed by atoms with van der Waals surface area (Å²) in [6, 6.07) is 7.18. The second-order valence-electron chi connectivity index (χ2n) is 4.86. The highest BCUT2D eigenvalue weighted by Crippen LogP contribution is 2.18. The zero-order valence-electron chi connectivity index (χ0n) is 10.7. The Morgan fingerprint density at radius 2 is 2.16 bits per heavy atom. The van der Waals surface area contributed by atoms with Gasteiger partial charge in [0.05, 0.1) is 12.1 Å². The maximum absolute atomic E-state index is 11.8. The monoisotopic (exact) mass is 279 g/mol. The Morgan fingerprint density at radius 3 is 2.89 bits per heavy atom. The highest BCUT2D eigenvalue weighted by molar-refractivity contribution is 6.30. The molecule has 1 aromatic rings. The first-order chi connectivity index (χ1) is 9.15. The van der Waals surface area contributed by atoms with E-state index in [1.54, 1.807) is 18.2 Å². The molecule has 1 aliphatic carbocycles. The van der Waals surface area contributed by atoms with Crippen molar-refractivity contribution >= 4 is 23.6 Å². The van der Waals surface area contributed by atoms with Crippen molar-refractivity contribution in [2.75, 3.05) is 0 Å². The number of carbonyl (C=O) groups is 1. The van der Waals surface area contributed by atoms with Crippen molar-refractivity contribution in [1.29, 1.82) is 0 Å². The summed E-state index contributed by atoms with van der Waals surface area (Å²) in [5.74, 6) is -0.175. The Balaban J connectivity index is 1.90. The molecule has 3 nitrogen and oxygen atoms in total. The van der Waals surface area contributed by atoms with Crippen LogP contribution in [0.2, 0.25) is 5.02 Å². The number of rotatable bonds is 3. The molecule has 0 unspecified atom stereocenters. The molecule has 2 atom stereocenters. The summed E-state index contributed by atoms with van der Waals surface area (Å²) >= 11 is 5.87. The largest absolute Gasteiger partial charge is 0.391 e. The van der Waals surface area contributed by atoms with Gasteiger partial charge in [-0.05, 0) is 36.6 Å². The Bertz CT molecular complexity index is 473. The van der Waals surface area contributed by atoms with Gasteiger partial charge in [0.1, 0.15) is 0 Å². The maximum atomic E-state index is 11.8. The van der Waals surface area contributed by atoms with E-state index in [1.165, 1.54) is 6.08 Å². The van der Waals surface area contributed by atoms with E-state index in [1.807, 2.05) is 12.1 Å². The van der Waals surface area contributed by atoms with Crippen molar-refractivity contribution in [2.45, 2.75) is 37.8 Å². The molecule has 0 heterocycles. The molecule has 0 aromatic heterocycles. The van der Waals surface area contributed by atoms with Gasteiger partial charge in [0.25, 0.3) is 0 Å². The summed E-state index contributed by atoms with van der Waals surface area (Å²) in [5, 5.41) is 13.3. The van der Waals surface area contributed by atoms with E-state index in [2.05, 4.69) is 5.32 Å². The SMILES string of the molecule is O=C(/C=C/c1cccc(Cl)c1)N[C@H]1CCCC[C@@H]1O. The van der Waals surface area contributed by atoms with E-state index < -0.39 is 6.10 Å². The fourth-order valence-electron chi connectivity index (χ4n) is 2.29. The Kier molecular flexibility index (Phi) is 5.00. The van der Waals surface area contributed by atoms with Crippen LogP contribution in [0.15, 0.2) is 30.3 Å². The van der Waals surface area contributed by atoms with Gasteiger partial charge in [-0.3, -0.25) is 4.79 Å². The first-order valence-electron chi connectivity index (χ1n) is 6.57. The van der Waals surface area contributed by atoms with Crippen molar-refractivity contribution in [3.8, 4) is 0 Å². The lowest BCUT2D eigenvalue weighted by Crippen LogP contribution is -2.44. The summed E-state index contributed by atoms with van der Waals surface area (Å²) in [4.78, 5) is 11.8. The minimum absolute atomic E-state index is 0.120. The molecule has 0 saturated heterocycles. The molecule has 0 spiro atoms. The minimum atomic E-state index is -0.419. The van der Waals surface area contributed by atoms with E-state index in [0.29, 0.717) is 5.02 Å². The molecular weight excluding hydrogens is 262 g/mol. The van der Waals surface area contributed by atoms with Crippen LogP contribution in [-0.2, 0) is 4.79 Å². The van der Waals surface area contributed by atoms with E-state index >= 15 is 0 Å². The summed E-state index contributed by atoms with van der Waals surface area (Å²) < 4.78 is 0. The van der Waals surface area contributed by atoms with E-state index in [4.69, 9.17) is 11.6 Å². The Labute approximate surface area is 118 Å². The molecule has 1 fully saturated rings. The number of amides is 1. The fraction of sp³-hybridized carbons (Fsp3) is 0.400. The van der Waals surface area contributed by atoms with Gasteiger partial charge in [-0.1, -0.05) is 36.6 Å². The standard InChI is InChI=1S/C15H18ClNO2/c16-12-5-3-4-11(10-12)8-9-15(19)17-13-6-1-2-7-14(13)18/h3-5,8-10,13-14,18H,1-2,6-7H2,(H,17,19)/b9-8+/t13-,14-/m0/s1. The van der Waals surface area contributed by atoms with Gasteiger partial charge < -0.3 is 10.4 Å². The third-order valence-corrected chi connectivity index (χ3v) is 3.57. The van der Waals surface area contributed by atoms with Gasteiger partial charge in [-0.15, -0.1) is 0 Å². The van der Waals surface area contributed by atoms with Crippen LogP contribution in [0, 0.1) is 0 Å². The van der Waals surface area contributed by atoms with Gasteiger partial charge in [-0.25, -0.2) is 0 Å². The molecule has 0 bridgehead atoms. The first kappa shape index (κ1) is 14.1. The van der Waals surface area contributed by atoms with E-state index in [-0.39, 0.29) is 11.9 Å². The third-order valence-electron chi connectivity index (χ3n) is 3.33. The van der Waals surface area contributed by atoms with Gasteiger partial charge in [0, 0.05) is 11.1 Å². The molecule has 1 amide bonds. The highest BCUT2D eigenvalue weighted by atomic mass is 35.5. The number of hydrogen-bond acceptors (Lipinski definition) is 2. The van der Waals surface area contributed by atoms with Crippen molar-refractivity contribution in [3.05, 3.63) is 40.9 Å². The predicted molar refractivity (Wildman–Crippen MR) is 76.9 cm³/mol. The lowest BCUT2D eigenvalue weighted by Gasteiger charge is -2.27. The van der Waals surface area contributed by atoms with Gasteiger partial charge in [-0.2, -0.15) is 0 Å². The average Bonchev–Trinajstić information content (AvgIpc) is 2.39. The molecule has 2 N–H and O–H groups in total. The normalized spacial score (nSPS) is 23.5. The third kappa shape index (κ3) is 4.37. The number of halogens is 1. The summed E-state index contributed by atoms with van der Waals surface area (Å²) in [7, 11) is 0. The molecule has 19 heavy (non-hydrogen) atoms. The van der Waals surface area contributed by atoms with Crippen molar-refractivity contribution in [1.82, 2.24) is 5.32 Å². The number of nitrogens with one attached hydrogen (secondary N) is 1. The summed E-state index contributed by atoms with van der Waals surface area (Å²) in [6.45, 7) is 0. The molecular formula is C15H18ClNO2. The molecule has 0 aliphatic heterocycles. The number of hydrogen-bond donors (Lipinski definition) is 2. The zero-order chi connectivity index (χ0) is 13.7. The molecule has 0 radical (unpaired) electrons. The molecule has 1 aromatic carbocycles. The van der Waals surface area contributed by atoms with Gasteiger partial charge in [0.15, 0.2) is 0 Å². The van der Waals surface area contributed by atoms with Gasteiger partial charge in [0.2, 0.25) is 5.91 Å². The van der Waals surface area contributed by atoms with Crippen LogP contribution >= 0.6 is 11.6 Å². The van der Waals surface area contributed by atoms with Crippen LogP contribution in [0.4, 0.5) is 0 Å². The van der Waals surface area contributed by atoms with Gasteiger partial charge >= 0.3 is 0 Å². The highest BCUT2D eigenvalue weighted by Gasteiger charge is 2.23. The van der Waals surface area contributed by atoms with E-state index in [0.717, 1.165) is 31.2 Å². The number of carbonyl (C=O) groups excluding carboxylic acids is 1. The number of aliphatic hydroxyl groups excluding tert-OH is 1. The summed E-state index contributed by atoms with van der Waals surface area (Å²) in [6.07, 6.45) is 6.48. The second-order valence-corrected chi connectivity index (χ2v) is 5.29. The Hall–Kier alpha value is -1.32. The van der Waals surface area contributed by atoms with Crippen LogP contribution in [0.1, 0.15) is 31.2 Å². The van der Waals surface area contributed by atoms with E-state index in [9.17, 15) is 9.90 Å². The molecule has 2 rings (SSSR count). The summed E-state index contributed by atoms with van der Waals surface area (Å²) in [5.41, 5.74) is 0.881. The average molecular weight is 280 g/mol. The minimum Gasteiger partial charge on any atom is -0.391 e. The fourth-order valence-corrected chi connectivity index (χ4v) is 2.49. The molecule has 4 heteroatoms. The lowest BCUT2D eigenvalue weighted by atomic mass is 9.92. The second kappa shape index (κ2) is 6.73. The first-order valence-corrected chi connectivity index (χ1v) is 6.95. The topological polar surface area (TPSA) is 49.3 Å². The molecule has 1 saturated carbocycles. The smallest absolute Gasteiger partial charge is 0.244 e. The molecule has 1 aliphatic rings. The lowest BCUT2D eigenvalue weighted by molar-refractivity contribution is -0.118. The number of benzene rings is 1. The van der Waals surface area contributed by atoms with Crippen LogP contribution in [-0.4, -0.2) is 23.2 Å². The maximum Gasteiger partial charge on any atom is 0.244 e. The van der Waals surface area contributed by atoms with Crippen LogP contribution < -0.4 is 5.32 Å². The van der Waals surface area contributed by atoms with Crippen molar-refractivity contribution in [3.63, 3.8) is 0 Å². The zero-order valence-corrected chi connectivity index (χ0v) is 11.4. The van der Waals surface area contributed by atoms with Crippen molar-refractivity contribution < 1.29 is 9.90 Å². The van der Waals surface area contributed by atoms with Crippen molar-refractivity contribution in [2.24, 2.45) is 0 Å². The van der Waals surface area contributed by atoms with Crippen LogP contribution in [0.25, 0.3) is 6.08 Å². The quantitative estimate of drug-likeness (QED) is 0.836.